The van der Waals surface area contributed by atoms with E-state index in [4.69, 9.17) is 19.9 Å². The molecule has 2 aromatic carbocycles. The van der Waals surface area contributed by atoms with Crippen LogP contribution in [-0.4, -0.2) is 101 Å². The first-order valence-electron chi connectivity index (χ1n) is 23.4. The molecule has 2 saturated heterocycles. The Balaban J connectivity index is 0.000000136. The molecule has 8 aromatic heterocycles. The molecule has 4 aliphatic heterocycles. The van der Waals surface area contributed by atoms with Crippen molar-refractivity contribution in [2.24, 2.45) is 0 Å². The van der Waals surface area contributed by atoms with E-state index in [0.29, 0.717) is 11.9 Å². The summed E-state index contributed by atoms with van der Waals surface area (Å²) in [6.45, 7) is 8.30. The van der Waals surface area contributed by atoms with Crippen LogP contribution < -0.4 is 9.80 Å². The van der Waals surface area contributed by atoms with Crippen LogP contribution in [-0.2, 0) is 11.1 Å². The molecule has 2 atom stereocenters. The molecule has 69 heavy (non-hydrogen) atoms. The monoisotopic (exact) mass is 914 g/mol. The normalized spacial score (nSPS) is 18.5. The summed E-state index contributed by atoms with van der Waals surface area (Å²) in [6.07, 6.45) is 26.4. The zero-order chi connectivity index (χ0) is 46.3. The van der Waals surface area contributed by atoms with Crippen molar-refractivity contribution in [3.05, 3.63) is 146 Å². The van der Waals surface area contributed by atoms with Crippen LogP contribution in [0.5, 0.6) is 0 Å². The zero-order valence-corrected chi connectivity index (χ0v) is 38.2. The number of fused-ring (bicyclic) bond motifs is 12. The molecule has 342 valence electrons. The summed E-state index contributed by atoms with van der Waals surface area (Å²) in [6, 6.07) is 20.1. The molecule has 10 aromatic rings. The Morgan fingerprint density at radius 1 is 0.565 bits per heavy atom. The number of aromatic nitrogens is 18. The van der Waals surface area contributed by atoms with Gasteiger partial charge in [-0.05, 0) is 81.8 Å². The van der Waals surface area contributed by atoms with Gasteiger partial charge < -0.3 is 9.80 Å². The van der Waals surface area contributed by atoms with Crippen LogP contribution in [0.3, 0.4) is 0 Å². The van der Waals surface area contributed by atoms with Crippen molar-refractivity contribution < 1.29 is 0 Å². The molecule has 0 saturated carbocycles. The molecule has 2 fully saturated rings. The first-order chi connectivity index (χ1) is 34.0. The van der Waals surface area contributed by atoms with Gasteiger partial charge >= 0.3 is 0 Å². The Labute approximate surface area is 395 Å². The molecule has 14 rings (SSSR count). The number of aryl methyl sites for hydroxylation is 1. The van der Waals surface area contributed by atoms with E-state index in [9.17, 15) is 0 Å². The fourth-order valence-electron chi connectivity index (χ4n) is 11.0. The van der Waals surface area contributed by atoms with Gasteiger partial charge in [0.2, 0.25) is 11.9 Å². The third-order valence-corrected chi connectivity index (χ3v) is 14.3. The smallest absolute Gasteiger partial charge is 0.237 e. The van der Waals surface area contributed by atoms with Crippen LogP contribution in [0.15, 0.2) is 129 Å². The van der Waals surface area contributed by atoms with Crippen LogP contribution in [0, 0.1) is 6.92 Å². The number of nitrogens with zero attached hydrogens (tertiary/aromatic N) is 20. The maximum atomic E-state index is 5.11. The van der Waals surface area contributed by atoms with Crippen molar-refractivity contribution in [3.8, 4) is 57.4 Å². The first kappa shape index (κ1) is 40.6. The van der Waals surface area contributed by atoms with Crippen molar-refractivity contribution in [1.29, 1.82) is 0 Å². The van der Waals surface area contributed by atoms with Crippen LogP contribution >= 0.6 is 0 Å². The second-order valence-electron chi connectivity index (χ2n) is 17.7. The van der Waals surface area contributed by atoms with Crippen LogP contribution in [0.25, 0.3) is 57.4 Å². The number of benzene rings is 2. The fourth-order valence-corrected chi connectivity index (χ4v) is 11.0. The van der Waals surface area contributed by atoms with E-state index < -0.39 is 0 Å². The molecule has 4 aliphatic rings. The van der Waals surface area contributed by atoms with Crippen molar-refractivity contribution >= 4 is 11.6 Å². The minimum absolute atomic E-state index is 0.176. The van der Waals surface area contributed by atoms with Gasteiger partial charge in [-0.2, -0.15) is 20.2 Å². The molecule has 0 aliphatic carbocycles. The Bertz CT molecular complexity index is 3510. The van der Waals surface area contributed by atoms with Gasteiger partial charge in [-0.3, -0.25) is 18.3 Å². The highest BCUT2D eigenvalue weighted by molar-refractivity contribution is 5.68. The van der Waals surface area contributed by atoms with Crippen molar-refractivity contribution in [3.63, 3.8) is 0 Å². The Hall–Kier alpha value is -8.68. The van der Waals surface area contributed by atoms with E-state index in [1.165, 1.54) is 0 Å². The second kappa shape index (κ2) is 15.7. The zero-order valence-electron chi connectivity index (χ0n) is 38.2. The van der Waals surface area contributed by atoms with Gasteiger partial charge in [0.15, 0.2) is 23.3 Å². The summed E-state index contributed by atoms with van der Waals surface area (Å²) in [5.74, 6) is 7.41. The van der Waals surface area contributed by atoms with Gasteiger partial charge in [-0.15, -0.1) is 20.4 Å². The van der Waals surface area contributed by atoms with Gasteiger partial charge in [0, 0.05) is 73.8 Å². The molecule has 20 nitrogen and oxygen atoms in total. The van der Waals surface area contributed by atoms with Crippen molar-refractivity contribution in [2.45, 2.75) is 70.4 Å². The molecule has 20 heteroatoms. The molecule has 0 unspecified atom stereocenters. The number of imidazole rings is 2. The Kier molecular flexibility index (Phi) is 9.24. The maximum absolute atomic E-state index is 5.11. The predicted molar refractivity (Wildman–Crippen MR) is 255 cm³/mol. The fraction of sp³-hybridized carbons (Fsp3) is 0.265. The molecule has 0 N–H and O–H groups in total. The molecular weight excluding hydrogens is 869 g/mol. The summed E-state index contributed by atoms with van der Waals surface area (Å²) >= 11 is 0. The van der Waals surface area contributed by atoms with Gasteiger partial charge in [0.1, 0.15) is 46.3 Å². The topological polar surface area (TPSA) is 191 Å². The largest absolute Gasteiger partial charge is 0.342 e. The van der Waals surface area contributed by atoms with E-state index >= 15 is 0 Å². The lowest BCUT2D eigenvalue weighted by Gasteiger charge is -2.42. The predicted octanol–water partition coefficient (Wildman–Crippen LogP) is 6.94. The van der Waals surface area contributed by atoms with E-state index in [0.717, 1.165) is 126 Å². The lowest BCUT2D eigenvalue weighted by molar-refractivity contribution is 0.381. The van der Waals surface area contributed by atoms with Crippen LogP contribution in [0.4, 0.5) is 11.6 Å². The standard InChI is InChI=1S/C25H24N10.C24H22N10/c1-3-25-9-5-12-33(25)22-20(35-17(2)30-31-23(25)35)16-27-24(29-22)32-14-11-26-21(32)18-7-4-8-19(15-18)34-13-6-10-28-34;1-2-24-8-4-11-33(24)21-19(32-16-27-30-22(24)32)15-26-23(29-21)31-13-10-25-20(31)17-6-3-7-18(14-17)34-12-5-9-28-34/h4,6-8,10-11,13-16H,3,5,9,12H2,1-2H3;3,5-7,9-10,12-16H,2,4,8,11H2,1H3/t25-;24-/m00/s1. The van der Waals surface area contributed by atoms with E-state index in [-0.39, 0.29) is 11.1 Å². The average molecular weight is 915 g/mol. The highest BCUT2D eigenvalue weighted by Gasteiger charge is 2.51. The maximum Gasteiger partial charge on any atom is 0.237 e. The van der Waals surface area contributed by atoms with E-state index in [2.05, 4.69) is 80.9 Å². The first-order valence-corrected chi connectivity index (χ1v) is 23.4. The average Bonchev–Trinajstić information content (AvgIpc) is 4.24. The quantitative estimate of drug-likeness (QED) is 0.152. The molecule has 0 spiro atoms. The molecule has 0 bridgehead atoms. The van der Waals surface area contributed by atoms with Crippen LogP contribution in [0.1, 0.15) is 69.8 Å². The lowest BCUT2D eigenvalue weighted by Crippen LogP contribution is -2.47. The molecule has 0 radical (unpaired) electrons. The highest BCUT2D eigenvalue weighted by Crippen LogP contribution is 2.50. The summed E-state index contributed by atoms with van der Waals surface area (Å²) in [5.41, 5.74) is 5.34. The third kappa shape index (κ3) is 6.13. The number of hydrogen-bond donors (Lipinski definition) is 0. The number of rotatable bonds is 8. The van der Waals surface area contributed by atoms with Crippen molar-refractivity contribution in [1.82, 2.24) is 88.1 Å². The highest BCUT2D eigenvalue weighted by atomic mass is 15.4. The molecule has 12 heterocycles. The Morgan fingerprint density at radius 3 is 1.70 bits per heavy atom. The van der Waals surface area contributed by atoms with E-state index in [1.807, 2.05) is 116 Å². The van der Waals surface area contributed by atoms with Gasteiger partial charge in [-0.25, -0.2) is 29.3 Å². The Morgan fingerprint density at radius 2 is 1.13 bits per heavy atom. The third-order valence-electron chi connectivity index (χ3n) is 14.3. The van der Waals surface area contributed by atoms with Gasteiger partial charge in [0.25, 0.3) is 0 Å². The van der Waals surface area contributed by atoms with Crippen molar-refractivity contribution in [2.75, 3.05) is 22.9 Å². The van der Waals surface area contributed by atoms with Gasteiger partial charge in [0.05, 0.1) is 23.8 Å². The second-order valence-corrected chi connectivity index (χ2v) is 17.7. The summed E-state index contributed by atoms with van der Waals surface area (Å²) < 4.78 is 11.7. The van der Waals surface area contributed by atoms with E-state index in [1.54, 1.807) is 31.1 Å². The molecule has 0 amide bonds. The lowest BCUT2D eigenvalue weighted by atomic mass is 9.90. The summed E-state index contributed by atoms with van der Waals surface area (Å²) in [5, 5.41) is 26.4. The molecular formula is C49H46N20. The van der Waals surface area contributed by atoms with Gasteiger partial charge in [-0.1, -0.05) is 38.1 Å². The summed E-state index contributed by atoms with van der Waals surface area (Å²) in [4.78, 5) is 33.8. The number of anilines is 2. The minimum atomic E-state index is -0.185. The van der Waals surface area contributed by atoms with Crippen LogP contribution in [0.2, 0.25) is 0 Å². The minimum Gasteiger partial charge on any atom is -0.342 e. The summed E-state index contributed by atoms with van der Waals surface area (Å²) in [7, 11) is 0. The SMILES string of the molecule is CC[C@@]12CCCN1c1nc(-n3ccnc3-c3cccc(-n4cccn4)c3)ncc1-n1c(C)nnc12.CC[C@@]12CCCN1c1nc(-n3ccnc3-c3cccc(-n4cccn4)c3)ncc1-n1cnnc12. The number of hydrogen-bond acceptors (Lipinski definition) is 14.